The minimum Gasteiger partial charge on any atom is -0.354 e. The van der Waals surface area contributed by atoms with Crippen LogP contribution in [0.2, 0.25) is 0 Å². The van der Waals surface area contributed by atoms with Gasteiger partial charge in [0.15, 0.2) is 5.41 Å². The Kier molecular flexibility index (Phi) is 5.11. The number of halogens is 3. The van der Waals surface area contributed by atoms with Crippen LogP contribution < -0.4 is 10.6 Å². The molecule has 5 nitrogen and oxygen atoms in total. The minimum atomic E-state index is -4.51. The highest BCUT2D eigenvalue weighted by atomic mass is 19.4. The molecule has 1 amide bonds. The van der Waals surface area contributed by atoms with E-state index < -0.39 is 17.5 Å². The fourth-order valence-corrected chi connectivity index (χ4v) is 2.82. The first-order valence-corrected chi connectivity index (χ1v) is 7.32. The summed E-state index contributed by atoms with van der Waals surface area (Å²) in [6.07, 6.45) is -4.69. The maximum absolute atomic E-state index is 13.2. The molecule has 122 valence electrons. The maximum Gasteiger partial charge on any atom is 0.404 e. The van der Waals surface area contributed by atoms with Gasteiger partial charge in [-0.3, -0.25) is 9.69 Å². The van der Waals surface area contributed by atoms with Gasteiger partial charge in [0, 0.05) is 45.8 Å². The van der Waals surface area contributed by atoms with Crippen LogP contribution >= 0.6 is 0 Å². The first-order valence-electron chi connectivity index (χ1n) is 7.32. The minimum absolute atomic E-state index is 0.184. The van der Waals surface area contributed by atoms with Gasteiger partial charge < -0.3 is 15.5 Å². The number of hydrogen-bond acceptors (Lipinski definition) is 4. The first kappa shape index (κ1) is 16.5. The molecular weight excluding hydrogens is 285 g/mol. The Bertz CT molecular complexity index is 361. The summed E-state index contributed by atoms with van der Waals surface area (Å²) < 4.78 is 39.5. The van der Waals surface area contributed by atoms with Crippen molar-refractivity contribution < 1.29 is 18.0 Å². The zero-order chi connectivity index (χ0) is 15.5. The molecule has 0 aliphatic carbocycles. The van der Waals surface area contributed by atoms with Crippen molar-refractivity contribution in [2.75, 3.05) is 59.4 Å². The van der Waals surface area contributed by atoms with Crippen molar-refractivity contribution in [2.24, 2.45) is 5.41 Å². The molecule has 0 aromatic rings. The fourth-order valence-electron chi connectivity index (χ4n) is 2.82. The van der Waals surface area contributed by atoms with Gasteiger partial charge in [-0.2, -0.15) is 13.2 Å². The Hall–Kier alpha value is -0.860. The largest absolute Gasteiger partial charge is 0.404 e. The molecule has 2 heterocycles. The van der Waals surface area contributed by atoms with Crippen LogP contribution in [-0.2, 0) is 4.79 Å². The summed E-state index contributed by atoms with van der Waals surface area (Å²) in [7, 11) is 2.04. The number of likely N-dealkylation sites (N-methyl/N-ethyl adjacent to an activating group) is 1. The number of alkyl halides is 3. The van der Waals surface area contributed by atoms with Crippen LogP contribution in [0, 0.1) is 5.41 Å². The average Bonchev–Trinajstić information content (AvgIpc) is 2.91. The summed E-state index contributed by atoms with van der Waals surface area (Å²) in [5.41, 5.74) is -2.25. The Morgan fingerprint density at radius 3 is 2.48 bits per heavy atom. The van der Waals surface area contributed by atoms with Crippen molar-refractivity contribution >= 4 is 5.91 Å². The molecule has 0 bridgehead atoms. The molecule has 0 aromatic carbocycles. The second-order valence-corrected chi connectivity index (χ2v) is 5.91. The second kappa shape index (κ2) is 6.50. The molecule has 2 fully saturated rings. The number of carbonyl (C=O) groups is 1. The Morgan fingerprint density at radius 1 is 1.29 bits per heavy atom. The molecule has 0 saturated carbocycles. The molecule has 1 atom stereocenters. The third-order valence-electron chi connectivity index (χ3n) is 4.44. The van der Waals surface area contributed by atoms with Crippen molar-refractivity contribution in [3.63, 3.8) is 0 Å². The van der Waals surface area contributed by atoms with E-state index in [2.05, 4.69) is 20.4 Å². The molecular formula is C13H23F3N4O. The number of piperazine rings is 1. The van der Waals surface area contributed by atoms with Crippen LogP contribution in [-0.4, -0.2) is 81.3 Å². The summed E-state index contributed by atoms with van der Waals surface area (Å²) in [6, 6.07) is 0. The molecule has 0 radical (unpaired) electrons. The van der Waals surface area contributed by atoms with E-state index in [0.717, 1.165) is 26.2 Å². The van der Waals surface area contributed by atoms with Crippen LogP contribution in [0.1, 0.15) is 6.42 Å². The van der Waals surface area contributed by atoms with Gasteiger partial charge in [-0.15, -0.1) is 0 Å². The van der Waals surface area contributed by atoms with E-state index in [-0.39, 0.29) is 26.1 Å². The summed E-state index contributed by atoms with van der Waals surface area (Å²) in [6.45, 7) is 4.44. The number of rotatable bonds is 4. The van der Waals surface area contributed by atoms with Gasteiger partial charge >= 0.3 is 6.18 Å². The topological polar surface area (TPSA) is 47.6 Å². The number of amides is 1. The molecule has 0 spiro atoms. The van der Waals surface area contributed by atoms with Crippen LogP contribution in [0.5, 0.6) is 0 Å². The highest BCUT2D eigenvalue weighted by Crippen LogP contribution is 2.43. The fraction of sp³-hybridized carbons (Fsp3) is 0.923. The quantitative estimate of drug-likeness (QED) is 0.761. The summed E-state index contributed by atoms with van der Waals surface area (Å²) >= 11 is 0. The summed E-state index contributed by atoms with van der Waals surface area (Å²) in [5.74, 6) is -0.894. The normalized spacial score (nSPS) is 28.8. The monoisotopic (exact) mass is 308 g/mol. The van der Waals surface area contributed by atoms with E-state index in [1.807, 2.05) is 7.05 Å². The lowest BCUT2D eigenvalue weighted by molar-refractivity contribution is -0.216. The second-order valence-electron chi connectivity index (χ2n) is 5.91. The van der Waals surface area contributed by atoms with E-state index in [4.69, 9.17) is 0 Å². The number of nitrogens with one attached hydrogen (secondary N) is 2. The van der Waals surface area contributed by atoms with E-state index in [1.165, 1.54) is 0 Å². The van der Waals surface area contributed by atoms with Crippen LogP contribution in [0.3, 0.4) is 0 Å². The van der Waals surface area contributed by atoms with Gasteiger partial charge in [0.05, 0.1) is 0 Å². The van der Waals surface area contributed by atoms with Crippen LogP contribution in [0.4, 0.5) is 13.2 Å². The van der Waals surface area contributed by atoms with Crippen molar-refractivity contribution in [3.05, 3.63) is 0 Å². The Morgan fingerprint density at radius 2 is 1.95 bits per heavy atom. The van der Waals surface area contributed by atoms with E-state index in [0.29, 0.717) is 6.54 Å². The van der Waals surface area contributed by atoms with Crippen LogP contribution in [0.15, 0.2) is 0 Å². The maximum atomic E-state index is 13.2. The van der Waals surface area contributed by atoms with Crippen molar-refractivity contribution in [3.8, 4) is 0 Å². The van der Waals surface area contributed by atoms with Gasteiger partial charge in [-0.1, -0.05) is 0 Å². The molecule has 21 heavy (non-hydrogen) atoms. The number of nitrogens with zero attached hydrogens (tertiary/aromatic N) is 2. The number of hydrogen-bond donors (Lipinski definition) is 2. The summed E-state index contributed by atoms with van der Waals surface area (Å²) in [4.78, 5) is 16.4. The number of carbonyl (C=O) groups excluding carboxylic acids is 1. The van der Waals surface area contributed by atoms with Crippen molar-refractivity contribution in [1.29, 1.82) is 0 Å². The van der Waals surface area contributed by atoms with E-state index in [1.54, 1.807) is 0 Å². The van der Waals surface area contributed by atoms with Crippen molar-refractivity contribution in [1.82, 2.24) is 20.4 Å². The lowest BCUT2D eigenvalue weighted by atomic mass is 9.85. The zero-order valence-electron chi connectivity index (χ0n) is 12.3. The third-order valence-corrected chi connectivity index (χ3v) is 4.44. The Balaban J connectivity index is 1.81. The van der Waals surface area contributed by atoms with E-state index in [9.17, 15) is 18.0 Å². The predicted octanol–water partition coefficient (Wildman–Crippen LogP) is -0.108. The highest BCUT2D eigenvalue weighted by Gasteiger charge is 2.61. The molecule has 8 heteroatoms. The molecule has 1 unspecified atom stereocenters. The van der Waals surface area contributed by atoms with Gasteiger partial charge in [0.1, 0.15) is 0 Å². The smallest absolute Gasteiger partial charge is 0.354 e. The average molecular weight is 308 g/mol. The first-order chi connectivity index (χ1) is 9.85. The van der Waals surface area contributed by atoms with Gasteiger partial charge in [-0.25, -0.2) is 0 Å². The third kappa shape index (κ3) is 3.67. The molecule has 2 N–H and O–H groups in total. The highest BCUT2D eigenvalue weighted by molar-refractivity contribution is 5.84. The van der Waals surface area contributed by atoms with Gasteiger partial charge in [0.25, 0.3) is 0 Å². The van der Waals surface area contributed by atoms with Crippen molar-refractivity contribution in [2.45, 2.75) is 12.6 Å². The van der Waals surface area contributed by atoms with E-state index >= 15 is 0 Å². The molecule has 2 aliphatic heterocycles. The molecule has 2 rings (SSSR count). The zero-order valence-corrected chi connectivity index (χ0v) is 12.3. The molecule has 2 saturated heterocycles. The lowest BCUT2D eigenvalue weighted by Crippen LogP contribution is -2.54. The molecule has 2 aliphatic rings. The molecule has 0 aromatic heterocycles. The van der Waals surface area contributed by atoms with Crippen LogP contribution in [0.25, 0.3) is 0 Å². The van der Waals surface area contributed by atoms with Gasteiger partial charge in [0.2, 0.25) is 5.91 Å². The predicted molar refractivity (Wildman–Crippen MR) is 72.9 cm³/mol. The summed E-state index contributed by atoms with van der Waals surface area (Å²) in [5, 5.41) is 5.12. The standard InChI is InChI=1S/C13H23F3N4O/c1-19-6-8-20(9-7-19)5-4-18-11(21)12(13(14,15)16)2-3-17-10-12/h17H,2-10H2,1H3,(H,18,21). The Labute approximate surface area is 122 Å². The SMILES string of the molecule is CN1CCN(CCNC(=O)C2(C(F)(F)F)CCNC2)CC1. The lowest BCUT2D eigenvalue weighted by Gasteiger charge is -2.33. The van der Waals surface area contributed by atoms with Gasteiger partial charge in [-0.05, 0) is 20.0 Å².